The van der Waals surface area contributed by atoms with Crippen LogP contribution in [-0.4, -0.2) is 29.2 Å². The molecule has 2 aromatic rings. The number of carboxylic acids is 1. The van der Waals surface area contributed by atoms with E-state index in [0.717, 1.165) is 11.1 Å². The number of aliphatic carboxylic acids is 1. The van der Waals surface area contributed by atoms with Crippen LogP contribution in [0.2, 0.25) is 0 Å². The number of rotatable bonds is 9. The van der Waals surface area contributed by atoms with Gasteiger partial charge < -0.3 is 19.9 Å². The van der Waals surface area contributed by atoms with Gasteiger partial charge in [0.05, 0.1) is 12.0 Å². The molecule has 2 rings (SSSR count). The molecule has 0 heterocycles. The molecular formula is C18H20N2O6. The molecule has 8 heteroatoms. The van der Waals surface area contributed by atoms with E-state index in [9.17, 15) is 14.9 Å². The van der Waals surface area contributed by atoms with Gasteiger partial charge in [0, 0.05) is 18.7 Å². The van der Waals surface area contributed by atoms with Gasteiger partial charge in [-0.15, -0.1) is 0 Å². The molecule has 2 aromatic carbocycles. The second kappa shape index (κ2) is 8.82. The fourth-order valence-corrected chi connectivity index (χ4v) is 2.17. The molecule has 0 bridgehead atoms. The third-order valence-electron chi connectivity index (χ3n) is 3.75. The number of hydrogen-bond acceptors (Lipinski definition) is 6. The average Bonchev–Trinajstić information content (AvgIpc) is 2.64. The van der Waals surface area contributed by atoms with Gasteiger partial charge >= 0.3 is 5.97 Å². The van der Waals surface area contributed by atoms with E-state index in [1.165, 1.54) is 19.2 Å². The first-order valence-electron chi connectivity index (χ1n) is 7.90. The lowest BCUT2D eigenvalue weighted by Gasteiger charge is -2.14. The molecule has 26 heavy (non-hydrogen) atoms. The van der Waals surface area contributed by atoms with E-state index in [2.05, 4.69) is 5.32 Å². The van der Waals surface area contributed by atoms with Gasteiger partial charge in [-0.3, -0.25) is 14.9 Å². The third kappa shape index (κ3) is 5.18. The maximum absolute atomic E-state index is 10.8. The van der Waals surface area contributed by atoms with Gasteiger partial charge in [0.2, 0.25) is 0 Å². The van der Waals surface area contributed by atoms with E-state index in [0.29, 0.717) is 18.0 Å². The van der Waals surface area contributed by atoms with E-state index < -0.39 is 16.9 Å². The summed E-state index contributed by atoms with van der Waals surface area (Å²) in [5.41, 5.74) is 1.68. The highest BCUT2D eigenvalue weighted by molar-refractivity contribution is 5.72. The molecule has 1 unspecified atom stereocenters. The van der Waals surface area contributed by atoms with Crippen molar-refractivity contribution in [2.24, 2.45) is 0 Å². The number of nitro benzene ring substituents is 1. The van der Waals surface area contributed by atoms with Gasteiger partial charge in [0.1, 0.15) is 12.6 Å². The van der Waals surface area contributed by atoms with Crippen molar-refractivity contribution in [1.29, 1.82) is 0 Å². The van der Waals surface area contributed by atoms with Crippen LogP contribution in [0.15, 0.2) is 42.5 Å². The average molecular weight is 360 g/mol. The zero-order chi connectivity index (χ0) is 19.1. The smallest absolute Gasteiger partial charge is 0.320 e. The summed E-state index contributed by atoms with van der Waals surface area (Å²) in [7, 11) is 1.52. The molecule has 1 atom stereocenters. The summed E-state index contributed by atoms with van der Waals surface area (Å²) in [5, 5.41) is 22.4. The zero-order valence-electron chi connectivity index (χ0n) is 14.5. The first-order valence-corrected chi connectivity index (χ1v) is 7.90. The van der Waals surface area contributed by atoms with E-state index >= 15 is 0 Å². The van der Waals surface area contributed by atoms with Gasteiger partial charge in [-0.2, -0.15) is 0 Å². The summed E-state index contributed by atoms with van der Waals surface area (Å²) in [4.78, 5) is 21.0. The van der Waals surface area contributed by atoms with Gasteiger partial charge in [0.15, 0.2) is 11.5 Å². The normalized spacial score (nSPS) is 11.6. The molecule has 0 aromatic heterocycles. The molecule has 2 N–H and O–H groups in total. The Morgan fingerprint density at radius 2 is 1.85 bits per heavy atom. The Kier molecular flexibility index (Phi) is 6.51. The molecule has 0 aliphatic heterocycles. The number of nitro groups is 1. The number of carbonyl (C=O) groups is 1. The summed E-state index contributed by atoms with van der Waals surface area (Å²) in [6, 6.07) is 10.8. The van der Waals surface area contributed by atoms with Crippen LogP contribution in [0, 0.1) is 10.1 Å². The monoisotopic (exact) mass is 360 g/mol. The minimum absolute atomic E-state index is 0.0266. The minimum atomic E-state index is -0.917. The summed E-state index contributed by atoms with van der Waals surface area (Å²) >= 11 is 0. The fourth-order valence-electron chi connectivity index (χ4n) is 2.17. The lowest BCUT2D eigenvalue weighted by atomic mass is 10.2. The number of carboxylic acid groups (broad SMARTS) is 1. The fraction of sp³-hybridized carbons (Fsp3) is 0.278. The Bertz CT molecular complexity index is 776. The van der Waals surface area contributed by atoms with E-state index in [-0.39, 0.29) is 12.3 Å². The SMILES string of the molecule is COc1cc(CNC(C)C(=O)O)ccc1OCc1ccc([N+](=O)[O-])cc1. The van der Waals surface area contributed by atoms with Crippen LogP contribution in [0.5, 0.6) is 11.5 Å². The number of ether oxygens (including phenoxy) is 2. The Labute approximate surface area is 150 Å². The van der Waals surface area contributed by atoms with Gasteiger partial charge in [0.25, 0.3) is 5.69 Å². The number of non-ortho nitro benzene ring substituents is 1. The van der Waals surface area contributed by atoms with Crippen molar-refractivity contribution in [3.8, 4) is 11.5 Å². The van der Waals surface area contributed by atoms with Crippen LogP contribution in [-0.2, 0) is 17.9 Å². The molecule has 0 aliphatic rings. The second-order valence-corrected chi connectivity index (χ2v) is 5.64. The van der Waals surface area contributed by atoms with Crippen LogP contribution in [0.4, 0.5) is 5.69 Å². The standard InChI is InChI=1S/C18H20N2O6/c1-12(18(21)22)19-10-14-5-8-16(17(9-14)25-2)26-11-13-3-6-15(7-4-13)20(23)24/h3-9,12,19H,10-11H2,1-2H3,(H,21,22). The van der Waals surface area contributed by atoms with Crippen LogP contribution < -0.4 is 14.8 Å². The highest BCUT2D eigenvalue weighted by Gasteiger charge is 2.11. The van der Waals surface area contributed by atoms with Crippen molar-refractivity contribution >= 4 is 11.7 Å². The molecule has 0 saturated heterocycles. The summed E-state index contributed by atoms with van der Waals surface area (Å²) in [6.45, 7) is 2.19. The van der Waals surface area contributed by atoms with E-state index in [1.807, 2.05) is 6.07 Å². The van der Waals surface area contributed by atoms with Crippen molar-refractivity contribution < 1.29 is 24.3 Å². The number of methoxy groups -OCH3 is 1. The first kappa shape index (κ1) is 19.2. The Morgan fingerprint density at radius 3 is 2.42 bits per heavy atom. The predicted octanol–water partition coefficient (Wildman–Crippen LogP) is 2.75. The van der Waals surface area contributed by atoms with Crippen LogP contribution in [0.25, 0.3) is 0 Å². The molecule has 0 fully saturated rings. The molecule has 0 radical (unpaired) electrons. The van der Waals surface area contributed by atoms with Gasteiger partial charge in [-0.25, -0.2) is 0 Å². The molecule has 0 aliphatic carbocycles. The highest BCUT2D eigenvalue weighted by Crippen LogP contribution is 2.29. The number of hydrogen-bond donors (Lipinski definition) is 2. The summed E-state index contributed by atoms with van der Waals surface area (Å²) in [6.07, 6.45) is 0. The molecule has 0 saturated carbocycles. The second-order valence-electron chi connectivity index (χ2n) is 5.64. The maximum atomic E-state index is 10.8. The van der Waals surface area contributed by atoms with Crippen molar-refractivity contribution in [1.82, 2.24) is 5.32 Å². The molecule has 8 nitrogen and oxygen atoms in total. The van der Waals surface area contributed by atoms with E-state index in [4.69, 9.17) is 14.6 Å². The third-order valence-corrected chi connectivity index (χ3v) is 3.75. The molecule has 138 valence electrons. The van der Waals surface area contributed by atoms with Crippen molar-refractivity contribution in [2.45, 2.75) is 26.1 Å². The molecular weight excluding hydrogens is 340 g/mol. The predicted molar refractivity (Wildman–Crippen MR) is 94.4 cm³/mol. The van der Waals surface area contributed by atoms with Crippen molar-refractivity contribution in [3.05, 3.63) is 63.7 Å². The first-order chi connectivity index (χ1) is 12.4. The van der Waals surface area contributed by atoms with Crippen molar-refractivity contribution in [2.75, 3.05) is 7.11 Å². The Balaban J connectivity index is 2.00. The van der Waals surface area contributed by atoms with Gasteiger partial charge in [-0.05, 0) is 42.3 Å². The summed E-state index contributed by atoms with van der Waals surface area (Å²) < 4.78 is 11.0. The highest BCUT2D eigenvalue weighted by atomic mass is 16.6. The number of nitrogens with one attached hydrogen (secondary N) is 1. The number of benzene rings is 2. The molecule has 0 amide bonds. The summed E-state index contributed by atoms with van der Waals surface area (Å²) in [5.74, 6) is 0.134. The van der Waals surface area contributed by atoms with Crippen LogP contribution in [0.1, 0.15) is 18.1 Å². The lowest BCUT2D eigenvalue weighted by Crippen LogP contribution is -2.33. The quantitative estimate of drug-likeness (QED) is 0.522. The van der Waals surface area contributed by atoms with Crippen LogP contribution in [0.3, 0.4) is 0 Å². The largest absolute Gasteiger partial charge is 0.493 e. The lowest BCUT2D eigenvalue weighted by molar-refractivity contribution is -0.384. The minimum Gasteiger partial charge on any atom is -0.493 e. The van der Waals surface area contributed by atoms with Gasteiger partial charge in [-0.1, -0.05) is 6.07 Å². The Morgan fingerprint density at radius 1 is 1.19 bits per heavy atom. The topological polar surface area (TPSA) is 111 Å². The maximum Gasteiger partial charge on any atom is 0.320 e. The number of nitrogens with zero attached hydrogens (tertiary/aromatic N) is 1. The van der Waals surface area contributed by atoms with Crippen LogP contribution >= 0.6 is 0 Å². The van der Waals surface area contributed by atoms with Crippen molar-refractivity contribution in [3.63, 3.8) is 0 Å². The van der Waals surface area contributed by atoms with E-state index in [1.54, 1.807) is 31.2 Å². The Hall–Kier alpha value is -3.13. The zero-order valence-corrected chi connectivity index (χ0v) is 14.5. The molecule has 0 spiro atoms.